The summed E-state index contributed by atoms with van der Waals surface area (Å²) >= 11 is 0. The van der Waals surface area contributed by atoms with Crippen molar-refractivity contribution in [1.82, 2.24) is 9.62 Å². The highest BCUT2D eigenvalue weighted by Crippen LogP contribution is 2.15. The van der Waals surface area contributed by atoms with E-state index in [2.05, 4.69) is 28.8 Å². The molecular formula is C16H27N3O3S. The van der Waals surface area contributed by atoms with Crippen LogP contribution >= 0.6 is 0 Å². The molecule has 2 N–H and O–H groups in total. The predicted molar refractivity (Wildman–Crippen MR) is 93.0 cm³/mol. The van der Waals surface area contributed by atoms with Crippen LogP contribution in [0.25, 0.3) is 0 Å². The van der Waals surface area contributed by atoms with Crippen LogP contribution < -0.4 is 10.0 Å². The van der Waals surface area contributed by atoms with Gasteiger partial charge in [-0.1, -0.05) is 19.9 Å². The molecule has 0 aliphatic heterocycles. The number of nitrogens with zero attached hydrogens (tertiary/aromatic N) is 1. The minimum absolute atomic E-state index is 0.160. The van der Waals surface area contributed by atoms with E-state index in [4.69, 9.17) is 0 Å². The van der Waals surface area contributed by atoms with Gasteiger partial charge in [0.1, 0.15) is 0 Å². The molecule has 0 saturated carbocycles. The van der Waals surface area contributed by atoms with E-state index >= 15 is 0 Å². The van der Waals surface area contributed by atoms with Gasteiger partial charge in [0.25, 0.3) is 0 Å². The SMILES string of the molecule is CCN(CC)CCCCNS(=O)(=O)c1cccc(NC(C)=O)c1. The molecule has 130 valence electrons. The summed E-state index contributed by atoms with van der Waals surface area (Å²) in [7, 11) is -3.55. The van der Waals surface area contributed by atoms with Crippen molar-refractivity contribution >= 4 is 21.6 Å². The third-order valence-corrected chi connectivity index (χ3v) is 5.01. The predicted octanol–water partition coefficient (Wildman–Crippen LogP) is 2.05. The molecule has 0 saturated heterocycles. The maximum absolute atomic E-state index is 12.2. The van der Waals surface area contributed by atoms with E-state index in [1.165, 1.54) is 19.1 Å². The van der Waals surface area contributed by atoms with Gasteiger partial charge in [0.15, 0.2) is 0 Å². The van der Waals surface area contributed by atoms with E-state index in [0.717, 1.165) is 32.5 Å². The molecule has 0 atom stereocenters. The van der Waals surface area contributed by atoms with Gasteiger partial charge in [-0.3, -0.25) is 4.79 Å². The van der Waals surface area contributed by atoms with Crippen LogP contribution in [0.3, 0.4) is 0 Å². The first-order valence-corrected chi connectivity index (χ1v) is 9.47. The fraction of sp³-hybridized carbons (Fsp3) is 0.562. The Morgan fingerprint density at radius 1 is 1.17 bits per heavy atom. The van der Waals surface area contributed by atoms with Gasteiger partial charge in [0.2, 0.25) is 15.9 Å². The summed E-state index contributed by atoms with van der Waals surface area (Å²) in [5.74, 6) is -0.232. The van der Waals surface area contributed by atoms with Gasteiger partial charge in [-0.25, -0.2) is 13.1 Å². The zero-order valence-electron chi connectivity index (χ0n) is 14.1. The maximum atomic E-state index is 12.2. The number of rotatable bonds is 10. The van der Waals surface area contributed by atoms with E-state index in [9.17, 15) is 13.2 Å². The number of amides is 1. The summed E-state index contributed by atoms with van der Waals surface area (Å²) in [6.07, 6.45) is 1.75. The molecule has 0 heterocycles. The summed E-state index contributed by atoms with van der Waals surface area (Å²) in [4.78, 5) is 13.5. The molecule has 23 heavy (non-hydrogen) atoms. The van der Waals surface area contributed by atoms with Crippen molar-refractivity contribution < 1.29 is 13.2 Å². The van der Waals surface area contributed by atoms with Crippen LogP contribution in [-0.2, 0) is 14.8 Å². The monoisotopic (exact) mass is 341 g/mol. The fourth-order valence-electron chi connectivity index (χ4n) is 2.23. The Kier molecular flexibility index (Phi) is 8.22. The largest absolute Gasteiger partial charge is 0.326 e. The van der Waals surface area contributed by atoms with Crippen molar-refractivity contribution in [2.24, 2.45) is 0 Å². The molecule has 0 aromatic heterocycles. The number of anilines is 1. The van der Waals surface area contributed by atoms with Crippen molar-refractivity contribution in [2.45, 2.75) is 38.5 Å². The van der Waals surface area contributed by atoms with Crippen LogP contribution in [0.1, 0.15) is 33.6 Å². The highest BCUT2D eigenvalue weighted by molar-refractivity contribution is 7.89. The lowest BCUT2D eigenvalue weighted by Crippen LogP contribution is -2.27. The molecule has 0 radical (unpaired) electrons. The molecule has 0 spiro atoms. The van der Waals surface area contributed by atoms with Crippen LogP contribution in [0.2, 0.25) is 0 Å². The van der Waals surface area contributed by atoms with E-state index in [-0.39, 0.29) is 10.8 Å². The summed E-state index contributed by atoms with van der Waals surface area (Å²) in [6.45, 7) is 9.04. The number of carbonyl (C=O) groups excluding carboxylic acids is 1. The zero-order valence-corrected chi connectivity index (χ0v) is 14.9. The molecule has 6 nitrogen and oxygen atoms in total. The molecular weight excluding hydrogens is 314 g/mol. The van der Waals surface area contributed by atoms with Gasteiger partial charge in [0.05, 0.1) is 4.90 Å². The number of sulfonamides is 1. The van der Waals surface area contributed by atoms with Gasteiger partial charge in [-0.2, -0.15) is 0 Å². The zero-order chi connectivity index (χ0) is 17.3. The third kappa shape index (κ3) is 7.11. The van der Waals surface area contributed by atoms with Crippen molar-refractivity contribution in [3.05, 3.63) is 24.3 Å². The summed E-state index contributed by atoms with van der Waals surface area (Å²) < 4.78 is 27.1. The molecule has 7 heteroatoms. The molecule has 0 aliphatic carbocycles. The Balaban J connectivity index is 2.51. The van der Waals surface area contributed by atoms with Gasteiger partial charge in [-0.15, -0.1) is 0 Å². The van der Waals surface area contributed by atoms with Gasteiger partial charge in [-0.05, 0) is 50.7 Å². The smallest absolute Gasteiger partial charge is 0.240 e. The lowest BCUT2D eigenvalue weighted by molar-refractivity contribution is -0.114. The van der Waals surface area contributed by atoms with Crippen molar-refractivity contribution in [3.63, 3.8) is 0 Å². The van der Waals surface area contributed by atoms with Gasteiger partial charge < -0.3 is 10.2 Å². The Bertz CT molecular complexity index is 598. The minimum atomic E-state index is -3.55. The standard InChI is InChI=1S/C16H27N3O3S/c1-4-19(5-2)12-7-6-11-17-23(21,22)16-10-8-9-15(13-16)18-14(3)20/h8-10,13,17H,4-7,11-12H2,1-3H3,(H,18,20). The molecule has 1 aromatic carbocycles. The fourth-order valence-corrected chi connectivity index (χ4v) is 3.35. The van der Waals surface area contributed by atoms with Gasteiger partial charge in [0, 0.05) is 19.2 Å². The lowest BCUT2D eigenvalue weighted by Gasteiger charge is -2.17. The summed E-state index contributed by atoms with van der Waals surface area (Å²) in [5, 5.41) is 2.58. The van der Waals surface area contributed by atoms with Crippen molar-refractivity contribution in [2.75, 3.05) is 31.5 Å². The lowest BCUT2D eigenvalue weighted by atomic mass is 10.3. The molecule has 1 rings (SSSR count). The van der Waals surface area contributed by atoms with E-state index in [1.807, 2.05) is 0 Å². The second-order valence-corrected chi connectivity index (χ2v) is 7.11. The second-order valence-electron chi connectivity index (χ2n) is 5.34. The molecule has 1 amide bonds. The third-order valence-electron chi connectivity index (χ3n) is 3.55. The Morgan fingerprint density at radius 2 is 1.87 bits per heavy atom. The Morgan fingerprint density at radius 3 is 2.48 bits per heavy atom. The number of hydrogen-bond acceptors (Lipinski definition) is 4. The topological polar surface area (TPSA) is 78.5 Å². The van der Waals surface area contributed by atoms with E-state index < -0.39 is 10.0 Å². The first-order valence-electron chi connectivity index (χ1n) is 7.98. The number of hydrogen-bond donors (Lipinski definition) is 2. The van der Waals surface area contributed by atoms with Gasteiger partial charge >= 0.3 is 0 Å². The number of unbranched alkanes of at least 4 members (excludes halogenated alkanes) is 1. The quantitative estimate of drug-likeness (QED) is 0.639. The highest BCUT2D eigenvalue weighted by Gasteiger charge is 2.14. The van der Waals surface area contributed by atoms with Crippen LogP contribution in [-0.4, -0.2) is 45.4 Å². The van der Waals surface area contributed by atoms with Crippen LogP contribution in [0.15, 0.2) is 29.2 Å². The maximum Gasteiger partial charge on any atom is 0.240 e. The normalized spacial score (nSPS) is 11.7. The summed E-state index contributed by atoms with van der Waals surface area (Å²) in [6, 6.07) is 6.24. The molecule has 0 fully saturated rings. The average Bonchev–Trinajstić information content (AvgIpc) is 2.50. The van der Waals surface area contributed by atoms with E-state index in [0.29, 0.717) is 12.2 Å². The molecule has 0 aliphatic rings. The first kappa shape index (κ1) is 19.6. The molecule has 1 aromatic rings. The van der Waals surface area contributed by atoms with E-state index in [1.54, 1.807) is 12.1 Å². The summed E-state index contributed by atoms with van der Waals surface area (Å²) in [5.41, 5.74) is 0.474. The Hall–Kier alpha value is -1.44. The highest BCUT2D eigenvalue weighted by atomic mass is 32.2. The minimum Gasteiger partial charge on any atom is -0.326 e. The number of benzene rings is 1. The number of nitrogens with one attached hydrogen (secondary N) is 2. The molecule has 0 bridgehead atoms. The number of carbonyl (C=O) groups is 1. The van der Waals surface area contributed by atoms with Crippen LogP contribution in [0, 0.1) is 0 Å². The van der Waals surface area contributed by atoms with Crippen LogP contribution in [0.5, 0.6) is 0 Å². The Labute approximate surface area is 139 Å². The first-order chi connectivity index (χ1) is 10.9. The molecule has 0 unspecified atom stereocenters. The van der Waals surface area contributed by atoms with Crippen molar-refractivity contribution in [3.8, 4) is 0 Å². The van der Waals surface area contributed by atoms with Crippen molar-refractivity contribution in [1.29, 1.82) is 0 Å². The second kappa shape index (κ2) is 9.64. The van der Waals surface area contributed by atoms with Crippen LogP contribution in [0.4, 0.5) is 5.69 Å². The average molecular weight is 341 g/mol.